The molecule has 2 aromatic carbocycles. The molecule has 172 valence electrons. The molecule has 0 amide bonds. The minimum atomic E-state index is -6.30. The summed E-state index contributed by atoms with van der Waals surface area (Å²) in [5.41, 5.74) is -15.2. The van der Waals surface area contributed by atoms with Crippen LogP contribution in [0, 0.1) is 0 Å². The molecule has 1 aliphatic carbocycles. The van der Waals surface area contributed by atoms with E-state index in [4.69, 9.17) is 0 Å². The van der Waals surface area contributed by atoms with E-state index in [1.54, 1.807) is 0 Å². The van der Waals surface area contributed by atoms with Crippen molar-refractivity contribution >= 4 is 31.8 Å². The zero-order valence-electron chi connectivity index (χ0n) is 14.8. The van der Waals surface area contributed by atoms with Crippen LogP contribution in [0.2, 0.25) is 0 Å². The van der Waals surface area contributed by atoms with E-state index < -0.39 is 76.6 Å². The highest BCUT2D eigenvalue weighted by Gasteiger charge is 2.51. The van der Waals surface area contributed by atoms with Crippen LogP contribution in [0.1, 0.15) is 31.8 Å². The molecular formula is C16H6F6O8S2. The van der Waals surface area contributed by atoms with Gasteiger partial charge in [-0.2, -0.15) is 43.2 Å². The Kier molecular flexibility index (Phi) is 5.29. The molecule has 8 nitrogen and oxygen atoms in total. The van der Waals surface area contributed by atoms with E-state index in [2.05, 4.69) is 8.37 Å². The Balaban J connectivity index is 2.20. The van der Waals surface area contributed by atoms with Crippen LogP contribution in [0.5, 0.6) is 11.5 Å². The van der Waals surface area contributed by atoms with Gasteiger partial charge in [-0.15, -0.1) is 0 Å². The Bertz CT molecular complexity index is 1260. The summed E-state index contributed by atoms with van der Waals surface area (Å²) in [4.78, 5) is 25.6. The number of halogens is 6. The molecule has 0 spiro atoms. The fourth-order valence-electron chi connectivity index (χ4n) is 2.65. The predicted molar refractivity (Wildman–Crippen MR) is 91.0 cm³/mol. The van der Waals surface area contributed by atoms with Crippen LogP contribution in [0.15, 0.2) is 36.4 Å². The van der Waals surface area contributed by atoms with Gasteiger partial charge in [0.2, 0.25) is 5.78 Å². The molecule has 0 atom stereocenters. The second-order valence-electron chi connectivity index (χ2n) is 5.98. The molecule has 0 saturated carbocycles. The van der Waals surface area contributed by atoms with E-state index in [0.29, 0.717) is 12.1 Å². The second kappa shape index (κ2) is 7.19. The zero-order valence-corrected chi connectivity index (χ0v) is 16.4. The highest BCUT2D eigenvalue weighted by molar-refractivity contribution is 7.88. The lowest BCUT2D eigenvalue weighted by Gasteiger charge is -2.22. The number of fused-ring (bicyclic) bond motifs is 2. The lowest BCUT2D eigenvalue weighted by molar-refractivity contribution is -0.0504. The van der Waals surface area contributed by atoms with Gasteiger partial charge >= 0.3 is 31.3 Å². The summed E-state index contributed by atoms with van der Waals surface area (Å²) in [7, 11) is -12.6. The van der Waals surface area contributed by atoms with E-state index in [9.17, 15) is 52.8 Å². The summed E-state index contributed by atoms with van der Waals surface area (Å²) >= 11 is 0. The largest absolute Gasteiger partial charge is 0.534 e. The summed E-state index contributed by atoms with van der Waals surface area (Å²) in [6, 6.07) is 4.81. The summed E-state index contributed by atoms with van der Waals surface area (Å²) in [6.07, 6.45) is 0. The molecule has 0 bridgehead atoms. The maximum atomic E-state index is 12.9. The number of ketones is 2. The normalized spacial score (nSPS) is 14.6. The third-order valence-corrected chi connectivity index (χ3v) is 5.89. The maximum absolute atomic E-state index is 12.9. The van der Waals surface area contributed by atoms with Gasteiger partial charge < -0.3 is 8.37 Å². The monoisotopic (exact) mass is 504 g/mol. The third kappa shape index (κ3) is 3.79. The molecule has 32 heavy (non-hydrogen) atoms. The molecule has 0 aliphatic heterocycles. The summed E-state index contributed by atoms with van der Waals surface area (Å²) in [5, 5.41) is 0. The van der Waals surface area contributed by atoms with Crippen molar-refractivity contribution in [1.82, 2.24) is 0 Å². The van der Waals surface area contributed by atoms with Gasteiger partial charge in [0.25, 0.3) is 0 Å². The molecule has 0 N–H and O–H groups in total. The SMILES string of the molecule is O=C1c2cccc(OS(=O)(=O)C(F)(F)F)c2C(=O)c2c(OS(=O)(=O)C(F)(F)F)cccc21. The fourth-order valence-corrected chi connectivity index (χ4v) is 3.59. The van der Waals surface area contributed by atoms with Gasteiger partial charge in [0.15, 0.2) is 17.3 Å². The van der Waals surface area contributed by atoms with Crippen molar-refractivity contribution in [1.29, 1.82) is 0 Å². The summed E-state index contributed by atoms with van der Waals surface area (Å²) in [6.45, 7) is 0. The van der Waals surface area contributed by atoms with E-state index in [1.165, 1.54) is 0 Å². The fraction of sp³-hybridized carbons (Fsp3) is 0.125. The van der Waals surface area contributed by atoms with Crippen LogP contribution >= 0.6 is 0 Å². The Labute approximate surface area is 174 Å². The van der Waals surface area contributed by atoms with Crippen molar-refractivity contribution in [3.63, 3.8) is 0 Å². The molecule has 0 heterocycles. The average Bonchev–Trinajstić information content (AvgIpc) is 2.63. The van der Waals surface area contributed by atoms with Crippen LogP contribution < -0.4 is 8.37 Å². The van der Waals surface area contributed by atoms with Gasteiger partial charge in [0, 0.05) is 11.1 Å². The number of carbonyl (C=O) groups excluding carboxylic acids is 2. The van der Waals surface area contributed by atoms with E-state index in [0.717, 1.165) is 24.3 Å². The summed E-state index contributed by atoms with van der Waals surface area (Å²) in [5.74, 6) is -5.15. The highest BCUT2D eigenvalue weighted by atomic mass is 32.2. The first-order chi connectivity index (χ1) is 14.5. The molecule has 0 unspecified atom stereocenters. The summed E-state index contributed by atoms with van der Waals surface area (Å²) < 4.78 is 129. The quantitative estimate of drug-likeness (QED) is 0.302. The number of benzene rings is 2. The molecule has 2 aromatic rings. The van der Waals surface area contributed by atoms with Crippen molar-refractivity contribution in [2.24, 2.45) is 0 Å². The number of rotatable bonds is 4. The third-order valence-electron chi connectivity index (χ3n) is 3.96. The molecule has 1 aliphatic rings. The first-order valence-electron chi connectivity index (χ1n) is 7.85. The van der Waals surface area contributed by atoms with Crippen LogP contribution in [0.4, 0.5) is 26.3 Å². The molecule has 0 fully saturated rings. The molecular weight excluding hydrogens is 498 g/mol. The van der Waals surface area contributed by atoms with Crippen LogP contribution in [0.25, 0.3) is 0 Å². The average molecular weight is 504 g/mol. The van der Waals surface area contributed by atoms with Gasteiger partial charge in [-0.05, 0) is 12.1 Å². The maximum Gasteiger partial charge on any atom is 0.534 e. The Morgan fingerprint density at radius 2 is 0.938 bits per heavy atom. The first kappa shape index (κ1) is 23.5. The molecule has 0 aromatic heterocycles. The van der Waals surface area contributed by atoms with Gasteiger partial charge in [0.05, 0.1) is 11.1 Å². The lowest BCUT2D eigenvalue weighted by Crippen LogP contribution is -2.31. The molecule has 0 saturated heterocycles. The van der Waals surface area contributed by atoms with Crippen molar-refractivity contribution in [2.45, 2.75) is 11.0 Å². The van der Waals surface area contributed by atoms with Crippen molar-refractivity contribution in [2.75, 3.05) is 0 Å². The number of carbonyl (C=O) groups is 2. The van der Waals surface area contributed by atoms with Crippen LogP contribution in [-0.4, -0.2) is 39.4 Å². The van der Waals surface area contributed by atoms with Crippen molar-refractivity contribution < 1.29 is 61.1 Å². The Morgan fingerprint density at radius 1 is 0.594 bits per heavy atom. The van der Waals surface area contributed by atoms with Gasteiger partial charge in [-0.1, -0.05) is 24.3 Å². The molecule has 16 heteroatoms. The first-order valence-corrected chi connectivity index (χ1v) is 10.7. The Morgan fingerprint density at radius 3 is 1.25 bits per heavy atom. The predicted octanol–water partition coefficient (Wildman–Crippen LogP) is 2.92. The minimum Gasteiger partial charge on any atom is -0.375 e. The number of hydrogen-bond acceptors (Lipinski definition) is 8. The molecule has 0 radical (unpaired) electrons. The number of alkyl halides is 6. The van der Waals surface area contributed by atoms with Crippen molar-refractivity contribution in [3.05, 3.63) is 58.7 Å². The van der Waals surface area contributed by atoms with Crippen LogP contribution in [0.3, 0.4) is 0 Å². The van der Waals surface area contributed by atoms with Gasteiger partial charge in [-0.25, -0.2) is 0 Å². The minimum absolute atomic E-state index is 0.591. The topological polar surface area (TPSA) is 121 Å². The van der Waals surface area contributed by atoms with E-state index >= 15 is 0 Å². The van der Waals surface area contributed by atoms with E-state index in [-0.39, 0.29) is 0 Å². The Hall–Kier alpha value is -3.14. The highest BCUT2D eigenvalue weighted by Crippen LogP contribution is 2.40. The molecule has 3 rings (SSSR count). The van der Waals surface area contributed by atoms with Gasteiger partial charge in [-0.3, -0.25) is 9.59 Å². The smallest absolute Gasteiger partial charge is 0.375 e. The standard InChI is InChI=1S/C16H6F6O8S2/c17-15(18,19)31(25,26)29-9-5-1-3-7-11(9)14(24)12-8(13(7)23)4-2-6-10(12)30-32(27,28)16(20,21)22/h1-6H. The van der Waals surface area contributed by atoms with Crippen molar-refractivity contribution in [3.8, 4) is 11.5 Å². The second-order valence-corrected chi connectivity index (χ2v) is 9.06. The van der Waals surface area contributed by atoms with E-state index in [1.807, 2.05) is 0 Å². The van der Waals surface area contributed by atoms with Crippen LogP contribution in [-0.2, 0) is 20.2 Å². The zero-order chi connectivity index (χ0) is 24.3. The number of hydrogen-bond donors (Lipinski definition) is 0. The van der Waals surface area contributed by atoms with Gasteiger partial charge in [0.1, 0.15) is 0 Å². The lowest BCUT2D eigenvalue weighted by atomic mass is 9.83.